The van der Waals surface area contributed by atoms with E-state index in [9.17, 15) is 0 Å². The summed E-state index contributed by atoms with van der Waals surface area (Å²) in [6.45, 7) is 3.91. The van der Waals surface area contributed by atoms with Crippen LogP contribution >= 0.6 is 0 Å². The standard InChI is InChI=1S/C11H16N2O/c1-9-5-10(3-4-13-9)6-11(14-2)7-12-8-11/h3-5,12H,6-8H2,1-2H3. The van der Waals surface area contributed by atoms with Gasteiger partial charge in [0, 0.05) is 38.5 Å². The maximum Gasteiger partial charge on any atom is 0.0966 e. The molecule has 1 aromatic rings. The molecule has 1 aliphatic heterocycles. The number of ether oxygens (including phenoxy) is 1. The monoisotopic (exact) mass is 192 g/mol. The van der Waals surface area contributed by atoms with Gasteiger partial charge >= 0.3 is 0 Å². The average Bonchev–Trinajstić information content (AvgIpc) is 2.11. The molecule has 0 bridgehead atoms. The largest absolute Gasteiger partial charge is 0.375 e. The van der Waals surface area contributed by atoms with Crippen molar-refractivity contribution in [1.82, 2.24) is 10.3 Å². The van der Waals surface area contributed by atoms with E-state index >= 15 is 0 Å². The van der Waals surface area contributed by atoms with Gasteiger partial charge in [-0.15, -0.1) is 0 Å². The van der Waals surface area contributed by atoms with Crippen molar-refractivity contribution < 1.29 is 4.74 Å². The number of aromatic nitrogens is 1. The summed E-state index contributed by atoms with van der Waals surface area (Å²) >= 11 is 0. The van der Waals surface area contributed by atoms with E-state index in [1.165, 1.54) is 5.56 Å². The van der Waals surface area contributed by atoms with E-state index in [1.807, 2.05) is 13.1 Å². The highest BCUT2D eigenvalue weighted by Gasteiger charge is 2.36. The quantitative estimate of drug-likeness (QED) is 0.773. The topological polar surface area (TPSA) is 34.1 Å². The van der Waals surface area contributed by atoms with Gasteiger partial charge in [0.05, 0.1) is 5.60 Å². The molecule has 2 heterocycles. The van der Waals surface area contributed by atoms with Crippen LogP contribution in [0.15, 0.2) is 18.3 Å². The fourth-order valence-corrected chi connectivity index (χ4v) is 1.83. The number of nitrogens with one attached hydrogen (secondary N) is 1. The zero-order valence-electron chi connectivity index (χ0n) is 8.71. The van der Waals surface area contributed by atoms with Gasteiger partial charge in [-0.1, -0.05) is 0 Å². The van der Waals surface area contributed by atoms with Crippen molar-refractivity contribution in [1.29, 1.82) is 0 Å². The van der Waals surface area contributed by atoms with Gasteiger partial charge in [0.1, 0.15) is 0 Å². The SMILES string of the molecule is COC1(Cc2ccnc(C)c2)CNC1. The van der Waals surface area contributed by atoms with Crippen LogP contribution in [0.5, 0.6) is 0 Å². The number of hydrogen-bond acceptors (Lipinski definition) is 3. The van der Waals surface area contributed by atoms with Crippen LogP contribution in [-0.2, 0) is 11.2 Å². The molecule has 0 atom stereocenters. The molecule has 76 valence electrons. The molecule has 2 rings (SSSR count). The van der Waals surface area contributed by atoms with Gasteiger partial charge in [0.2, 0.25) is 0 Å². The summed E-state index contributed by atoms with van der Waals surface area (Å²) in [6.07, 6.45) is 2.83. The van der Waals surface area contributed by atoms with Crippen LogP contribution in [-0.4, -0.2) is 30.8 Å². The molecule has 14 heavy (non-hydrogen) atoms. The van der Waals surface area contributed by atoms with Crippen molar-refractivity contribution in [2.75, 3.05) is 20.2 Å². The Balaban J connectivity index is 2.09. The Bertz CT molecular complexity index is 315. The van der Waals surface area contributed by atoms with E-state index < -0.39 is 0 Å². The number of rotatable bonds is 3. The lowest BCUT2D eigenvalue weighted by Crippen LogP contribution is -2.61. The van der Waals surface area contributed by atoms with Crippen molar-refractivity contribution in [2.45, 2.75) is 18.9 Å². The molecule has 0 aromatic carbocycles. The molecule has 3 nitrogen and oxygen atoms in total. The molecule has 0 radical (unpaired) electrons. The summed E-state index contributed by atoms with van der Waals surface area (Å²) in [5, 5.41) is 3.25. The molecule has 1 aliphatic rings. The van der Waals surface area contributed by atoms with E-state index in [4.69, 9.17) is 4.74 Å². The third-order valence-electron chi connectivity index (χ3n) is 2.81. The lowest BCUT2D eigenvalue weighted by molar-refractivity contribution is -0.0502. The summed E-state index contributed by atoms with van der Waals surface area (Å²) in [4.78, 5) is 4.18. The molecule has 1 aromatic heterocycles. The maximum absolute atomic E-state index is 5.53. The van der Waals surface area contributed by atoms with Gasteiger partial charge in [-0.3, -0.25) is 4.98 Å². The fraction of sp³-hybridized carbons (Fsp3) is 0.545. The lowest BCUT2D eigenvalue weighted by atomic mass is 9.89. The lowest BCUT2D eigenvalue weighted by Gasteiger charge is -2.41. The third kappa shape index (κ3) is 1.79. The first-order chi connectivity index (χ1) is 6.74. The van der Waals surface area contributed by atoms with Gasteiger partial charge in [0.25, 0.3) is 0 Å². The van der Waals surface area contributed by atoms with E-state index in [0.29, 0.717) is 0 Å². The molecule has 0 aliphatic carbocycles. The van der Waals surface area contributed by atoms with Crippen molar-refractivity contribution in [2.24, 2.45) is 0 Å². The average molecular weight is 192 g/mol. The third-order valence-corrected chi connectivity index (χ3v) is 2.81. The van der Waals surface area contributed by atoms with Crippen LogP contribution < -0.4 is 5.32 Å². The minimum absolute atomic E-state index is 0.0216. The minimum atomic E-state index is 0.0216. The molecule has 0 saturated carbocycles. The van der Waals surface area contributed by atoms with E-state index in [-0.39, 0.29) is 5.60 Å². The Kier molecular flexibility index (Phi) is 2.52. The predicted molar refractivity (Wildman–Crippen MR) is 55.3 cm³/mol. The first-order valence-corrected chi connectivity index (χ1v) is 4.91. The van der Waals surface area contributed by atoms with E-state index in [1.54, 1.807) is 7.11 Å². The van der Waals surface area contributed by atoms with Gasteiger partial charge in [-0.25, -0.2) is 0 Å². The highest BCUT2D eigenvalue weighted by molar-refractivity contribution is 5.19. The second kappa shape index (κ2) is 3.67. The Morgan fingerprint density at radius 1 is 1.57 bits per heavy atom. The van der Waals surface area contributed by atoms with Gasteiger partial charge in [0.15, 0.2) is 0 Å². The Morgan fingerprint density at radius 3 is 2.86 bits per heavy atom. The number of hydrogen-bond donors (Lipinski definition) is 1. The number of nitrogens with zero attached hydrogens (tertiary/aromatic N) is 1. The molecule has 1 N–H and O–H groups in total. The minimum Gasteiger partial charge on any atom is -0.375 e. The van der Waals surface area contributed by atoms with Crippen molar-refractivity contribution in [3.05, 3.63) is 29.6 Å². The van der Waals surface area contributed by atoms with Crippen molar-refractivity contribution >= 4 is 0 Å². The maximum atomic E-state index is 5.53. The van der Waals surface area contributed by atoms with Gasteiger partial charge in [-0.05, 0) is 24.6 Å². The summed E-state index contributed by atoms with van der Waals surface area (Å²) in [7, 11) is 1.79. The molecule has 3 heteroatoms. The first kappa shape index (κ1) is 9.62. The molecular formula is C11H16N2O. The van der Waals surface area contributed by atoms with Crippen LogP contribution in [0, 0.1) is 6.92 Å². The molecule has 1 fully saturated rings. The van der Waals surface area contributed by atoms with E-state index in [2.05, 4.69) is 22.4 Å². The van der Waals surface area contributed by atoms with Gasteiger partial charge < -0.3 is 10.1 Å². The molecule has 0 unspecified atom stereocenters. The summed E-state index contributed by atoms with van der Waals surface area (Å²) in [5.41, 5.74) is 2.40. The second-order valence-electron chi connectivity index (χ2n) is 3.97. The van der Waals surface area contributed by atoms with Gasteiger partial charge in [-0.2, -0.15) is 0 Å². The fourth-order valence-electron chi connectivity index (χ4n) is 1.83. The number of pyridine rings is 1. The zero-order chi connectivity index (χ0) is 10.0. The predicted octanol–water partition coefficient (Wildman–Crippen LogP) is 0.921. The van der Waals surface area contributed by atoms with Crippen LogP contribution in [0.4, 0.5) is 0 Å². The van der Waals surface area contributed by atoms with Crippen molar-refractivity contribution in [3.63, 3.8) is 0 Å². The highest BCUT2D eigenvalue weighted by Crippen LogP contribution is 2.21. The van der Waals surface area contributed by atoms with Crippen LogP contribution in [0.25, 0.3) is 0 Å². The summed E-state index contributed by atoms with van der Waals surface area (Å²) in [5.74, 6) is 0. The molecule has 0 amide bonds. The molecule has 1 saturated heterocycles. The van der Waals surface area contributed by atoms with E-state index in [0.717, 1.165) is 25.2 Å². The summed E-state index contributed by atoms with van der Waals surface area (Å²) < 4.78 is 5.53. The number of methoxy groups -OCH3 is 1. The first-order valence-electron chi connectivity index (χ1n) is 4.91. The summed E-state index contributed by atoms with van der Waals surface area (Å²) in [6, 6.07) is 4.19. The van der Waals surface area contributed by atoms with Crippen LogP contribution in [0.3, 0.4) is 0 Å². The molecule has 0 spiro atoms. The normalized spacial score (nSPS) is 19.0. The number of aryl methyl sites for hydroxylation is 1. The zero-order valence-corrected chi connectivity index (χ0v) is 8.71. The van der Waals surface area contributed by atoms with Crippen molar-refractivity contribution in [3.8, 4) is 0 Å². The van der Waals surface area contributed by atoms with Crippen LogP contribution in [0.1, 0.15) is 11.3 Å². The van der Waals surface area contributed by atoms with Crippen LogP contribution in [0.2, 0.25) is 0 Å². The Labute approximate surface area is 84.5 Å². The Morgan fingerprint density at radius 2 is 2.36 bits per heavy atom. The Hall–Kier alpha value is -0.930. The molecular weight excluding hydrogens is 176 g/mol. The second-order valence-corrected chi connectivity index (χ2v) is 3.97. The smallest absolute Gasteiger partial charge is 0.0966 e. The highest BCUT2D eigenvalue weighted by atomic mass is 16.5.